The summed E-state index contributed by atoms with van der Waals surface area (Å²) in [7, 11) is 0. The zero-order valence-electron chi connectivity index (χ0n) is 14.5. The number of carbonyl (C=O) groups excluding carboxylic acids is 2. The molecule has 2 aliphatic rings. The molecule has 0 aliphatic carbocycles. The number of hydrogen-bond donors (Lipinski definition) is 3. The summed E-state index contributed by atoms with van der Waals surface area (Å²) in [5.41, 5.74) is 5.31. The van der Waals surface area contributed by atoms with Crippen LogP contribution in [-0.2, 0) is 14.3 Å². The Labute approximate surface area is 159 Å². The maximum atomic E-state index is 11.8. The van der Waals surface area contributed by atoms with Gasteiger partial charge in [0.1, 0.15) is 5.78 Å². The summed E-state index contributed by atoms with van der Waals surface area (Å²) in [5, 5.41) is 6.41. The summed E-state index contributed by atoms with van der Waals surface area (Å²) in [6, 6.07) is 0.493. The number of halogens is 1. The van der Waals surface area contributed by atoms with Gasteiger partial charge in [0.05, 0.1) is 38.5 Å². The van der Waals surface area contributed by atoms with E-state index in [0.29, 0.717) is 51.1 Å². The molecule has 2 rings (SSSR count). The van der Waals surface area contributed by atoms with E-state index in [1.807, 2.05) is 11.8 Å². The highest BCUT2D eigenvalue weighted by atomic mass is 35.5. The van der Waals surface area contributed by atoms with E-state index in [4.69, 9.17) is 15.2 Å². The maximum absolute atomic E-state index is 11.8. The molecule has 4 N–H and O–H groups in total. The van der Waals surface area contributed by atoms with Crippen LogP contribution in [0.4, 0.5) is 4.79 Å². The second-order valence-electron chi connectivity index (χ2n) is 6.17. The summed E-state index contributed by atoms with van der Waals surface area (Å²) in [5.74, 6) is 1.24. The quantitative estimate of drug-likeness (QED) is 0.318. The third kappa shape index (κ3) is 8.13. The van der Waals surface area contributed by atoms with Crippen molar-refractivity contribution in [1.29, 1.82) is 0 Å². The number of nitrogens with two attached hydrogens (primary N) is 1. The van der Waals surface area contributed by atoms with Crippen LogP contribution in [0, 0.1) is 0 Å². The van der Waals surface area contributed by atoms with Crippen molar-refractivity contribution in [1.82, 2.24) is 10.6 Å². The smallest absolute Gasteiger partial charge is 0.315 e. The molecule has 0 aromatic rings. The van der Waals surface area contributed by atoms with Crippen LogP contribution >= 0.6 is 24.2 Å². The number of thioether (sulfide) groups is 1. The van der Waals surface area contributed by atoms with Crippen LogP contribution < -0.4 is 16.4 Å². The van der Waals surface area contributed by atoms with Crippen LogP contribution in [0.25, 0.3) is 0 Å². The Hall–Kier alpha value is -0.540. The SMILES string of the molecule is Cl.NCCOCCOCCC(=O)CCCC[C@@H]1SC[C@@H]2NC(=O)N[C@@H]21. The van der Waals surface area contributed by atoms with E-state index in [-0.39, 0.29) is 36.3 Å². The Balaban J connectivity index is 0.00000312. The fraction of sp³-hybridized carbons (Fsp3) is 0.875. The standard InChI is InChI=1S/C16H29N3O4S.ClH/c17-6-8-23-10-9-22-7-5-12(20)3-1-2-4-14-15-13(11-24-14)18-16(21)19-15;/h13-15H,1-11,17H2,(H2,18,19,21);1H/t13-,14-,15-;/m0./s1. The molecular weight excluding hydrogens is 366 g/mol. The summed E-state index contributed by atoms with van der Waals surface area (Å²) in [6.45, 7) is 2.56. The normalized spacial score (nSPS) is 24.4. The number of rotatable bonds is 13. The topological polar surface area (TPSA) is 103 Å². The van der Waals surface area contributed by atoms with Gasteiger partial charge in [0.25, 0.3) is 0 Å². The van der Waals surface area contributed by atoms with Crippen molar-refractivity contribution in [3.8, 4) is 0 Å². The summed E-state index contributed by atoms with van der Waals surface area (Å²) in [4.78, 5) is 23.1. The van der Waals surface area contributed by atoms with Gasteiger partial charge in [-0.15, -0.1) is 12.4 Å². The van der Waals surface area contributed by atoms with Crippen LogP contribution in [0.15, 0.2) is 0 Å². The van der Waals surface area contributed by atoms with Crippen LogP contribution in [-0.4, -0.2) is 67.9 Å². The third-order valence-corrected chi connectivity index (χ3v) is 5.80. The van der Waals surface area contributed by atoms with Gasteiger partial charge in [-0.05, 0) is 12.8 Å². The molecule has 0 saturated carbocycles. The number of ketones is 1. The highest BCUT2D eigenvalue weighted by Gasteiger charge is 2.42. The predicted molar refractivity (Wildman–Crippen MR) is 102 cm³/mol. The minimum atomic E-state index is -0.0427. The molecule has 0 radical (unpaired) electrons. The molecule has 2 fully saturated rings. The van der Waals surface area contributed by atoms with Crippen molar-refractivity contribution in [3.63, 3.8) is 0 Å². The fourth-order valence-electron chi connectivity index (χ4n) is 3.03. The van der Waals surface area contributed by atoms with Crippen molar-refractivity contribution in [2.24, 2.45) is 5.73 Å². The lowest BCUT2D eigenvalue weighted by Gasteiger charge is -2.16. The van der Waals surface area contributed by atoms with Gasteiger partial charge in [-0.25, -0.2) is 4.79 Å². The largest absolute Gasteiger partial charge is 0.379 e. The molecule has 3 atom stereocenters. The van der Waals surface area contributed by atoms with E-state index in [2.05, 4.69) is 10.6 Å². The first kappa shape index (κ1) is 22.5. The minimum absolute atomic E-state index is 0. The van der Waals surface area contributed by atoms with Crippen LogP contribution in [0.1, 0.15) is 32.1 Å². The lowest BCUT2D eigenvalue weighted by molar-refractivity contribution is -0.120. The van der Waals surface area contributed by atoms with Gasteiger partial charge in [-0.1, -0.05) is 6.42 Å². The lowest BCUT2D eigenvalue weighted by atomic mass is 10.0. The number of Topliss-reactive ketones (excluding diaryl/α,β-unsaturated/α-hetero) is 1. The number of nitrogens with one attached hydrogen (secondary N) is 2. The molecule has 2 aliphatic heterocycles. The average molecular weight is 396 g/mol. The minimum Gasteiger partial charge on any atom is -0.379 e. The first-order chi connectivity index (χ1) is 11.7. The second-order valence-corrected chi connectivity index (χ2v) is 7.44. The van der Waals surface area contributed by atoms with Gasteiger partial charge in [-0.3, -0.25) is 4.79 Å². The predicted octanol–water partition coefficient (Wildman–Crippen LogP) is 1.09. The van der Waals surface area contributed by atoms with Crippen LogP contribution in [0.2, 0.25) is 0 Å². The van der Waals surface area contributed by atoms with Crippen molar-refractivity contribution < 1.29 is 19.1 Å². The molecule has 0 aromatic carbocycles. The summed E-state index contributed by atoms with van der Waals surface area (Å²) < 4.78 is 10.5. The average Bonchev–Trinajstić information content (AvgIpc) is 3.10. The monoisotopic (exact) mass is 395 g/mol. The third-order valence-electron chi connectivity index (χ3n) is 4.29. The molecule has 9 heteroatoms. The molecule has 2 heterocycles. The van der Waals surface area contributed by atoms with Gasteiger partial charge in [0, 0.05) is 30.4 Å². The molecule has 7 nitrogen and oxygen atoms in total. The first-order valence-electron chi connectivity index (χ1n) is 8.76. The molecule has 0 bridgehead atoms. The Morgan fingerprint density at radius 3 is 2.64 bits per heavy atom. The Bertz CT molecular complexity index is 417. The number of ether oxygens (including phenoxy) is 2. The van der Waals surface area contributed by atoms with E-state index >= 15 is 0 Å². The zero-order chi connectivity index (χ0) is 17.2. The van der Waals surface area contributed by atoms with Crippen LogP contribution in [0.3, 0.4) is 0 Å². The van der Waals surface area contributed by atoms with Gasteiger partial charge in [-0.2, -0.15) is 11.8 Å². The molecule has 146 valence electrons. The highest BCUT2D eigenvalue weighted by Crippen LogP contribution is 2.33. The van der Waals surface area contributed by atoms with Crippen molar-refractivity contribution in [2.45, 2.75) is 49.4 Å². The number of urea groups is 1. The van der Waals surface area contributed by atoms with E-state index in [9.17, 15) is 9.59 Å². The van der Waals surface area contributed by atoms with Crippen molar-refractivity contribution >= 4 is 36.0 Å². The lowest BCUT2D eigenvalue weighted by Crippen LogP contribution is -2.36. The van der Waals surface area contributed by atoms with E-state index in [1.165, 1.54) is 0 Å². The van der Waals surface area contributed by atoms with Gasteiger partial charge in [0.15, 0.2) is 0 Å². The molecular formula is C16H30ClN3O4S. The Kier molecular flexibility index (Phi) is 11.5. The van der Waals surface area contributed by atoms with Crippen LogP contribution in [0.5, 0.6) is 0 Å². The Morgan fingerprint density at radius 2 is 1.88 bits per heavy atom. The molecule has 25 heavy (non-hydrogen) atoms. The molecule has 2 saturated heterocycles. The Morgan fingerprint density at radius 1 is 1.12 bits per heavy atom. The number of carbonyl (C=O) groups is 2. The van der Waals surface area contributed by atoms with Crippen molar-refractivity contribution in [3.05, 3.63) is 0 Å². The molecule has 0 aromatic heterocycles. The molecule has 0 spiro atoms. The van der Waals surface area contributed by atoms with Crippen molar-refractivity contribution in [2.75, 3.05) is 38.7 Å². The first-order valence-corrected chi connectivity index (χ1v) is 9.81. The van der Waals surface area contributed by atoms with Gasteiger partial charge < -0.3 is 25.8 Å². The molecule has 0 unspecified atom stereocenters. The van der Waals surface area contributed by atoms with Gasteiger partial charge in [0.2, 0.25) is 0 Å². The maximum Gasteiger partial charge on any atom is 0.315 e. The summed E-state index contributed by atoms with van der Waals surface area (Å²) >= 11 is 1.92. The number of hydrogen-bond acceptors (Lipinski definition) is 6. The zero-order valence-corrected chi connectivity index (χ0v) is 16.2. The van der Waals surface area contributed by atoms with E-state index < -0.39 is 0 Å². The second kappa shape index (κ2) is 12.8. The van der Waals surface area contributed by atoms with E-state index in [0.717, 1.165) is 25.0 Å². The summed E-state index contributed by atoms with van der Waals surface area (Å²) in [6.07, 6.45) is 4.07. The number of amides is 2. The molecule has 2 amide bonds. The van der Waals surface area contributed by atoms with E-state index in [1.54, 1.807) is 0 Å². The van der Waals surface area contributed by atoms with Gasteiger partial charge >= 0.3 is 6.03 Å². The fourth-order valence-corrected chi connectivity index (χ4v) is 4.57. The number of fused-ring (bicyclic) bond motifs is 1. The number of unbranched alkanes of at least 4 members (excludes halogenated alkanes) is 1. The highest BCUT2D eigenvalue weighted by molar-refractivity contribution is 8.00.